The van der Waals surface area contributed by atoms with Gasteiger partial charge in [0.15, 0.2) is 5.82 Å². The summed E-state index contributed by atoms with van der Waals surface area (Å²) in [5, 5.41) is 16.6. The van der Waals surface area contributed by atoms with E-state index in [1.54, 1.807) is 0 Å². The predicted octanol–water partition coefficient (Wildman–Crippen LogP) is 0.688. The first-order valence-electron chi connectivity index (χ1n) is 4.83. The number of hydrogen-bond acceptors (Lipinski definition) is 5. The van der Waals surface area contributed by atoms with Crippen LogP contribution in [0.5, 0.6) is 0 Å². The van der Waals surface area contributed by atoms with Gasteiger partial charge in [0.1, 0.15) is 0 Å². The normalized spacial score (nSPS) is 10.8. The molecule has 3 N–H and O–H groups in total. The van der Waals surface area contributed by atoms with E-state index in [0.717, 1.165) is 11.0 Å². The Bertz CT molecular complexity index is 550. The Hall–Kier alpha value is -2.44. The van der Waals surface area contributed by atoms with Gasteiger partial charge < -0.3 is 10.3 Å². The van der Waals surface area contributed by atoms with Crippen LogP contribution in [0.4, 0.5) is 5.95 Å². The standard InChI is InChI=1S/C9H9N7/c1-2-4-7-6(3-1)11-9(12-7)10-5-8-13-15-16-14-8/h1-4H,5H2,(H2,10,11,12)(H,13,14,15,16). The Morgan fingerprint density at radius 1 is 1.25 bits per heavy atom. The average Bonchev–Trinajstić information content (AvgIpc) is 2.95. The van der Waals surface area contributed by atoms with Crippen molar-refractivity contribution in [1.29, 1.82) is 0 Å². The van der Waals surface area contributed by atoms with Crippen molar-refractivity contribution >= 4 is 17.0 Å². The highest BCUT2D eigenvalue weighted by Gasteiger charge is 2.02. The first-order chi connectivity index (χ1) is 7.92. The number of tetrazole rings is 1. The summed E-state index contributed by atoms with van der Waals surface area (Å²) in [6.45, 7) is 0.482. The fourth-order valence-corrected chi connectivity index (χ4v) is 1.46. The summed E-state index contributed by atoms with van der Waals surface area (Å²) in [6.07, 6.45) is 0. The van der Waals surface area contributed by atoms with Crippen molar-refractivity contribution in [3.63, 3.8) is 0 Å². The van der Waals surface area contributed by atoms with Gasteiger partial charge in [-0.15, -0.1) is 10.2 Å². The van der Waals surface area contributed by atoms with Crippen LogP contribution in [0, 0.1) is 0 Å². The summed E-state index contributed by atoms with van der Waals surface area (Å²) in [5.74, 6) is 1.30. The largest absolute Gasteiger partial charge is 0.348 e. The molecule has 3 rings (SSSR count). The molecular weight excluding hydrogens is 206 g/mol. The highest BCUT2D eigenvalue weighted by atomic mass is 15.5. The van der Waals surface area contributed by atoms with E-state index in [1.165, 1.54) is 0 Å². The molecule has 0 spiro atoms. The number of para-hydroxylation sites is 2. The van der Waals surface area contributed by atoms with Crippen LogP contribution in [-0.2, 0) is 6.54 Å². The van der Waals surface area contributed by atoms with Crippen LogP contribution in [0.2, 0.25) is 0 Å². The lowest BCUT2D eigenvalue weighted by Gasteiger charge is -1.96. The third-order valence-corrected chi connectivity index (χ3v) is 2.19. The molecule has 0 bridgehead atoms. The van der Waals surface area contributed by atoms with Crippen molar-refractivity contribution in [2.75, 3.05) is 5.32 Å². The molecule has 0 saturated carbocycles. The van der Waals surface area contributed by atoms with Crippen molar-refractivity contribution in [3.8, 4) is 0 Å². The lowest BCUT2D eigenvalue weighted by Crippen LogP contribution is -2.02. The van der Waals surface area contributed by atoms with Gasteiger partial charge >= 0.3 is 0 Å². The van der Waals surface area contributed by atoms with E-state index in [4.69, 9.17) is 0 Å². The van der Waals surface area contributed by atoms with E-state index >= 15 is 0 Å². The van der Waals surface area contributed by atoms with Gasteiger partial charge in [0.05, 0.1) is 17.6 Å². The minimum absolute atomic E-state index is 0.482. The molecule has 0 amide bonds. The molecule has 0 radical (unpaired) electrons. The number of rotatable bonds is 3. The highest BCUT2D eigenvalue weighted by molar-refractivity contribution is 5.77. The number of nitrogens with zero attached hydrogens (tertiary/aromatic N) is 4. The molecule has 0 aliphatic rings. The Labute approximate surface area is 90.3 Å². The molecule has 7 heteroatoms. The van der Waals surface area contributed by atoms with Crippen LogP contribution < -0.4 is 5.32 Å². The summed E-state index contributed by atoms with van der Waals surface area (Å²) in [6, 6.07) is 7.84. The lowest BCUT2D eigenvalue weighted by molar-refractivity contribution is 0.881. The number of aromatic nitrogens is 6. The first kappa shape index (κ1) is 8.84. The molecule has 0 unspecified atom stereocenters. The number of nitrogens with one attached hydrogen (secondary N) is 3. The fourth-order valence-electron chi connectivity index (χ4n) is 1.46. The second-order valence-corrected chi connectivity index (χ2v) is 3.28. The summed E-state index contributed by atoms with van der Waals surface area (Å²) in [5.41, 5.74) is 1.93. The van der Waals surface area contributed by atoms with Gasteiger partial charge in [0, 0.05) is 0 Å². The van der Waals surface area contributed by atoms with E-state index < -0.39 is 0 Å². The van der Waals surface area contributed by atoms with Crippen LogP contribution in [0.25, 0.3) is 11.0 Å². The Balaban J connectivity index is 1.79. The van der Waals surface area contributed by atoms with Crippen molar-refractivity contribution in [3.05, 3.63) is 30.1 Å². The summed E-state index contributed by atoms with van der Waals surface area (Å²) in [4.78, 5) is 7.51. The minimum Gasteiger partial charge on any atom is -0.348 e. The van der Waals surface area contributed by atoms with E-state index in [9.17, 15) is 0 Å². The van der Waals surface area contributed by atoms with Gasteiger partial charge in [-0.3, -0.25) is 0 Å². The summed E-state index contributed by atoms with van der Waals surface area (Å²) >= 11 is 0. The van der Waals surface area contributed by atoms with Crippen molar-refractivity contribution in [1.82, 2.24) is 30.6 Å². The quantitative estimate of drug-likeness (QED) is 0.597. The minimum atomic E-state index is 0.482. The fraction of sp³-hybridized carbons (Fsp3) is 0.111. The van der Waals surface area contributed by atoms with Gasteiger partial charge in [0.25, 0.3) is 0 Å². The average molecular weight is 215 g/mol. The number of H-pyrrole nitrogens is 2. The van der Waals surface area contributed by atoms with Crippen molar-refractivity contribution in [2.45, 2.75) is 6.54 Å². The van der Waals surface area contributed by atoms with E-state index in [-0.39, 0.29) is 0 Å². The molecule has 1 aromatic carbocycles. The van der Waals surface area contributed by atoms with E-state index in [2.05, 4.69) is 35.9 Å². The zero-order valence-electron chi connectivity index (χ0n) is 8.31. The predicted molar refractivity (Wildman–Crippen MR) is 57.6 cm³/mol. The number of aromatic amines is 2. The third kappa shape index (κ3) is 1.58. The first-order valence-corrected chi connectivity index (χ1v) is 4.83. The van der Waals surface area contributed by atoms with Crippen LogP contribution in [0.3, 0.4) is 0 Å². The van der Waals surface area contributed by atoms with Gasteiger partial charge in [-0.1, -0.05) is 17.3 Å². The van der Waals surface area contributed by atoms with Crippen LogP contribution in [0.1, 0.15) is 5.82 Å². The van der Waals surface area contributed by atoms with Gasteiger partial charge in [-0.05, 0) is 12.1 Å². The lowest BCUT2D eigenvalue weighted by atomic mass is 10.3. The molecule has 16 heavy (non-hydrogen) atoms. The molecule has 0 saturated heterocycles. The number of benzene rings is 1. The molecule has 0 aliphatic carbocycles. The molecular formula is C9H9N7. The molecule has 80 valence electrons. The number of fused-ring (bicyclic) bond motifs is 1. The molecule has 2 heterocycles. The Morgan fingerprint density at radius 2 is 2.19 bits per heavy atom. The smallest absolute Gasteiger partial charge is 0.201 e. The molecule has 2 aromatic heterocycles. The maximum Gasteiger partial charge on any atom is 0.201 e. The Kier molecular flexibility index (Phi) is 1.99. The number of anilines is 1. The van der Waals surface area contributed by atoms with Gasteiger partial charge in [-0.25, -0.2) is 4.98 Å². The summed E-state index contributed by atoms with van der Waals surface area (Å²) in [7, 11) is 0. The topological polar surface area (TPSA) is 95.2 Å². The van der Waals surface area contributed by atoms with E-state index in [1.807, 2.05) is 24.3 Å². The maximum absolute atomic E-state index is 4.36. The molecule has 0 aliphatic heterocycles. The molecule has 0 fully saturated rings. The SMILES string of the molecule is c1ccc2[nH]c(NCc3nn[nH]n3)nc2c1. The van der Waals surface area contributed by atoms with Crippen molar-refractivity contribution in [2.24, 2.45) is 0 Å². The van der Waals surface area contributed by atoms with Crippen LogP contribution in [-0.4, -0.2) is 30.6 Å². The number of hydrogen-bond donors (Lipinski definition) is 3. The monoisotopic (exact) mass is 215 g/mol. The maximum atomic E-state index is 4.36. The number of imidazole rings is 1. The Morgan fingerprint density at radius 3 is 3.00 bits per heavy atom. The van der Waals surface area contributed by atoms with E-state index in [0.29, 0.717) is 18.3 Å². The van der Waals surface area contributed by atoms with Crippen LogP contribution >= 0.6 is 0 Å². The van der Waals surface area contributed by atoms with Crippen LogP contribution in [0.15, 0.2) is 24.3 Å². The molecule has 7 nitrogen and oxygen atoms in total. The zero-order chi connectivity index (χ0) is 10.8. The second kappa shape index (κ2) is 3.61. The summed E-state index contributed by atoms with van der Waals surface area (Å²) < 4.78 is 0. The van der Waals surface area contributed by atoms with Crippen molar-refractivity contribution < 1.29 is 0 Å². The third-order valence-electron chi connectivity index (χ3n) is 2.19. The van der Waals surface area contributed by atoms with Gasteiger partial charge in [-0.2, -0.15) is 5.21 Å². The zero-order valence-corrected chi connectivity index (χ0v) is 8.31. The van der Waals surface area contributed by atoms with Gasteiger partial charge in [0.2, 0.25) is 5.95 Å². The highest BCUT2D eigenvalue weighted by Crippen LogP contribution is 2.13. The molecule has 3 aromatic rings. The molecule has 0 atom stereocenters. The second-order valence-electron chi connectivity index (χ2n) is 3.28.